The maximum atomic E-state index is 12.6. The van der Waals surface area contributed by atoms with E-state index in [2.05, 4.69) is 5.10 Å². The van der Waals surface area contributed by atoms with Crippen LogP contribution in [0, 0.1) is 0 Å². The molecule has 0 saturated heterocycles. The number of nitrogens with zero attached hydrogens (tertiary/aromatic N) is 2. The van der Waals surface area contributed by atoms with Crippen molar-refractivity contribution in [2.75, 3.05) is 13.2 Å². The van der Waals surface area contributed by atoms with Crippen LogP contribution < -0.4 is 5.32 Å². The molecule has 5 nitrogen and oxygen atoms in total. The van der Waals surface area contributed by atoms with E-state index in [4.69, 9.17) is 5.11 Å². The molecule has 7 heteroatoms. The Balaban J connectivity index is 2.42. The van der Waals surface area contributed by atoms with Crippen molar-refractivity contribution >= 4 is 12.0 Å². The third kappa shape index (κ3) is 4.73. The number of aliphatic hydroxyl groups is 1. The van der Waals surface area contributed by atoms with Crippen LogP contribution in [0.15, 0.2) is 18.5 Å². The number of aromatic nitrogens is 2. The first-order chi connectivity index (χ1) is 7.93. The highest BCUT2D eigenvalue weighted by Crippen LogP contribution is 2.09. The number of amides is 1. The number of hydrogen-bond acceptors (Lipinski definition) is 3. The predicted molar refractivity (Wildman–Crippen MR) is 57.3 cm³/mol. The van der Waals surface area contributed by atoms with Crippen molar-refractivity contribution in [2.45, 2.75) is 5.92 Å². The van der Waals surface area contributed by atoms with Gasteiger partial charge in [-0.25, -0.2) is 8.78 Å². The van der Waals surface area contributed by atoms with Gasteiger partial charge in [-0.2, -0.15) is 5.10 Å². The van der Waals surface area contributed by atoms with E-state index >= 15 is 0 Å². The number of nitrogens with one attached hydrogen (secondary N) is 1. The second-order valence-electron chi connectivity index (χ2n) is 3.51. The largest absolute Gasteiger partial charge is 0.390 e. The Bertz CT molecular complexity index is 415. The molecule has 1 aromatic rings. The molecular formula is C10H13F2N3O2. The van der Waals surface area contributed by atoms with Crippen LogP contribution in [-0.4, -0.2) is 39.9 Å². The topological polar surface area (TPSA) is 67.2 Å². The number of alkyl halides is 2. The first-order valence-electron chi connectivity index (χ1n) is 4.86. The Morgan fingerprint density at radius 2 is 2.41 bits per heavy atom. The third-order valence-corrected chi connectivity index (χ3v) is 1.90. The van der Waals surface area contributed by atoms with Gasteiger partial charge in [0.1, 0.15) is 6.61 Å². The molecule has 0 saturated carbocycles. The molecule has 0 fully saturated rings. The third-order valence-electron chi connectivity index (χ3n) is 1.90. The van der Waals surface area contributed by atoms with Crippen LogP contribution in [0.2, 0.25) is 0 Å². The van der Waals surface area contributed by atoms with Crippen LogP contribution in [0.4, 0.5) is 8.78 Å². The van der Waals surface area contributed by atoms with Gasteiger partial charge in [0, 0.05) is 24.9 Å². The van der Waals surface area contributed by atoms with Crippen LogP contribution in [0.1, 0.15) is 5.56 Å². The average molecular weight is 245 g/mol. The lowest BCUT2D eigenvalue weighted by Crippen LogP contribution is -2.38. The van der Waals surface area contributed by atoms with Crippen LogP contribution in [-0.2, 0) is 11.8 Å². The van der Waals surface area contributed by atoms with E-state index in [-0.39, 0.29) is 0 Å². The summed E-state index contributed by atoms with van der Waals surface area (Å²) < 4.78 is 26.7. The lowest BCUT2D eigenvalue weighted by Gasteiger charge is -2.12. The smallest absolute Gasteiger partial charge is 0.287 e. The van der Waals surface area contributed by atoms with Gasteiger partial charge in [-0.05, 0) is 6.08 Å². The highest BCUT2D eigenvalue weighted by molar-refractivity contribution is 5.91. The van der Waals surface area contributed by atoms with Crippen LogP contribution >= 0.6 is 0 Å². The summed E-state index contributed by atoms with van der Waals surface area (Å²) in [5.41, 5.74) is 0.691. The summed E-state index contributed by atoms with van der Waals surface area (Å²) in [6.45, 7) is -2.18. The summed E-state index contributed by atoms with van der Waals surface area (Å²) in [6, 6.07) is 0. The van der Waals surface area contributed by atoms with Crippen molar-refractivity contribution < 1.29 is 18.7 Å². The Morgan fingerprint density at radius 1 is 1.71 bits per heavy atom. The molecule has 17 heavy (non-hydrogen) atoms. The summed E-state index contributed by atoms with van der Waals surface area (Å²) >= 11 is 0. The van der Waals surface area contributed by atoms with E-state index in [1.165, 1.54) is 12.3 Å². The maximum absolute atomic E-state index is 12.6. The normalized spacial score (nSPS) is 12.0. The molecule has 0 atom stereocenters. The fraction of sp³-hybridized carbons (Fsp3) is 0.400. The van der Waals surface area contributed by atoms with Crippen LogP contribution in [0.25, 0.3) is 6.08 Å². The van der Waals surface area contributed by atoms with Crippen molar-refractivity contribution in [3.05, 3.63) is 24.0 Å². The lowest BCUT2D eigenvalue weighted by atomic mass is 10.3. The van der Waals surface area contributed by atoms with Crippen molar-refractivity contribution in [3.63, 3.8) is 0 Å². The Labute approximate surface area is 96.7 Å². The predicted octanol–water partition coefficient (Wildman–Crippen LogP) is 0.177. The SMILES string of the molecule is Cn1cc(/C=C/C(=O)NCC(F)(F)CO)cn1. The van der Waals surface area contributed by atoms with Gasteiger partial charge < -0.3 is 10.4 Å². The van der Waals surface area contributed by atoms with Gasteiger partial charge in [-0.1, -0.05) is 0 Å². The van der Waals surface area contributed by atoms with Crippen LogP contribution in [0.3, 0.4) is 0 Å². The summed E-state index contributed by atoms with van der Waals surface area (Å²) in [5.74, 6) is -3.94. The minimum Gasteiger partial charge on any atom is -0.390 e. The molecule has 1 amide bonds. The van der Waals surface area contributed by atoms with E-state index in [0.29, 0.717) is 5.56 Å². The summed E-state index contributed by atoms with van der Waals surface area (Å²) in [7, 11) is 1.72. The van der Waals surface area contributed by atoms with Crippen molar-refractivity contribution in [2.24, 2.45) is 7.05 Å². The number of halogens is 2. The van der Waals surface area contributed by atoms with E-state index in [9.17, 15) is 13.6 Å². The van der Waals surface area contributed by atoms with E-state index in [1.54, 1.807) is 17.9 Å². The van der Waals surface area contributed by atoms with Gasteiger partial charge in [-0.15, -0.1) is 0 Å². The molecule has 2 N–H and O–H groups in total. The summed E-state index contributed by atoms with van der Waals surface area (Å²) in [5, 5.41) is 14.1. The van der Waals surface area contributed by atoms with E-state index in [0.717, 1.165) is 6.08 Å². The van der Waals surface area contributed by atoms with Gasteiger partial charge in [-0.3, -0.25) is 9.48 Å². The number of rotatable bonds is 5. The Hall–Kier alpha value is -1.76. The zero-order valence-electron chi connectivity index (χ0n) is 9.23. The minimum absolute atomic E-state index is 0.651. The van der Waals surface area contributed by atoms with Gasteiger partial charge in [0.05, 0.1) is 12.7 Å². The number of hydrogen-bond donors (Lipinski definition) is 2. The molecule has 1 heterocycles. The van der Waals surface area contributed by atoms with Crippen molar-refractivity contribution in [1.82, 2.24) is 15.1 Å². The molecule has 0 radical (unpaired) electrons. The highest BCUT2D eigenvalue weighted by atomic mass is 19.3. The fourth-order valence-electron chi connectivity index (χ4n) is 1.03. The monoisotopic (exact) mass is 245 g/mol. The molecule has 1 aromatic heterocycles. The molecule has 0 aliphatic rings. The first-order valence-corrected chi connectivity index (χ1v) is 4.86. The molecule has 0 unspecified atom stereocenters. The van der Waals surface area contributed by atoms with Gasteiger partial charge >= 0.3 is 0 Å². The van der Waals surface area contributed by atoms with Crippen molar-refractivity contribution in [1.29, 1.82) is 0 Å². The van der Waals surface area contributed by atoms with Gasteiger partial charge in [0.25, 0.3) is 5.92 Å². The molecule has 1 rings (SSSR count). The highest BCUT2D eigenvalue weighted by Gasteiger charge is 2.27. The molecule has 0 aliphatic carbocycles. The molecule has 0 aliphatic heterocycles. The molecular weight excluding hydrogens is 232 g/mol. The lowest BCUT2D eigenvalue weighted by molar-refractivity contribution is -0.119. The number of carbonyl (C=O) groups excluding carboxylic acids is 1. The molecule has 0 aromatic carbocycles. The van der Waals surface area contributed by atoms with Gasteiger partial charge in [0.15, 0.2) is 0 Å². The van der Waals surface area contributed by atoms with E-state index < -0.39 is 25.0 Å². The number of carbonyl (C=O) groups is 1. The van der Waals surface area contributed by atoms with Gasteiger partial charge in [0.2, 0.25) is 5.91 Å². The number of aryl methyl sites for hydroxylation is 1. The number of aliphatic hydroxyl groups excluding tert-OH is 1. The zero-order chi connectivity index (χ0) is 12.9. The summed E-state index contributed by atoms with van der Waals surface area (Å²) in [4.78, 5) is 11.1. The minimum atomic E-state index is -3.29. The standard InChI is InChI=1S/C10H13F2N3O2/c1-15-5-8(4-14-15)2-3-9(17)13-6-10(11,12)7-16/h2-5,16H,6-7H2,1H3,(H,13,17)/b3-2+. The van der Waals surface area contributed by atoms with E-state index in [1.807, 2.05) is 5.32 Å². The summed E-state index contributed by atoms with van der Waals surface area (Å²) in [6.07, 6.45) is 5.79. The first kappa shape index (κ1) is 13.3. The zero-order valence-corrected chi connectivity index (χ0v) is 9.23. The average Bonchev–Trinajstić information content (AvgIpc) is 2.70. The molecule has 0 bridgehead atoms. The van der Waals surface area contributed by atoms with Crippen molar-refractivity contribution in [3.8, 4) is 0 Å². The Kier molecular flexibility index (Phi) is 4.33. The Morgan fingerprint density at radius 3 is 2.94 bits per heavy atom. The van der Waals surface area contributed by atoms with Crippen LogP contribution in [0.5, 0.6) is 0 Å². The second-order valence-corrected chi connectivity index (χ2v) is 3.51. The maximum Gasteiger partial charge on any atom is 0.287 e. The quantitative estimate of drug-likeness (QED) is 0.727. The molecule has 0 spiro atoms. The second kappa shape index (κ2) is 5.53. The molecule has 94 valence electrons. The fourth-order valence-corrected chi connectivity index (χ4v) is 1.03.